The van der Waals surface area contributed by atoms with Crippen LogP contribution in [-0.4, -0.2) is 24.6 Å². The molecule has 0 aliphatic carbocycles. The number of fused-ring (bicyclic) bond motifs is 1. The first-order valence-electron chi connectivity index (χ1n) is 7.14. The topological polar surface area (TPSA) is 41.6 Å². The minimum Gasteiger partial charge on any atom is -0.495 e. The molecule has 0 atom stereocenters. The van der Waals surface area contributed by atoms with E-state index in [0.717, 1.165) is 10.9 Å². The molecule has 0 fully saturated rings. The number of ether oxygens (including phenoxy) is 1. The molecule has 114 valence electrons. The Hall–Kier alpha value is -2.01. The highest BCUT2D eigenvalue weighted by atomic mass is 79.9. The molecule has 2 aromatic rings. The molecule has 1 N–H and O–H groups in total. The van der Waals surface area contributed by atoms with Crippen molar-refractivity contribution >= 4 is 27.6 Å². The van der Waals surface area contributed by atoms with Crippen LogP contribution in [0.5, 0.6) is 5.75 Å². The van der Waals surface area contributed by atoms with E-state index in [1.54, 1.807) is 7.11 Å². The van der Waals surface area contributed by atoms with Gasteiger partial charge in [0.2, 0.25) is 0 Å². The van der Waals surface area contributed by atoms with E-state index in [0.29, 0.717) is 24.5 Å². The van der Waals surface area contributed by atoms with Gasteiger partial charge < -0.3 is 15.0 Å². The second-order valence-electron chi connectivity index (χ2n) is 5.18. The SMILES string of the molecule is COc1ccccc1NC(=O)N1CCc2c(Br)cccc2C1. The molecule has 0 unspecified atom stereocenters. The fourth-order valence-electron chi connectivity index (χ4n) is 2.68. The molecule has 2 amide bonds. The van der Waals surface area contributed by atoms with E-state index in [2.05, 4.69) is 27.3 Å². The molecule has 1 aliphatic heterocycles. The molecule has 1 aliphatic rings. The zero-order valence-corrected chi connectivity index (χ0v) is 13.9. The first-order chi connectivity index (χ1) is 10.7. The van der Waals surface area contributed by atoms with Crippen LogP contribution in [0.1, 0.15) is 11.1 Å². The Bertz CT molecular complexity index is 703. The van der Waals surface area contributed by atoms with Crippen LogP contribution in [0.25, 0.3) is 0 Å². The Labute approximate surface area is 138 Å². The number of para-hydroxylation sites is 2. The van der Waals surface area contributed by atoms with Crippen molar-refractivity contribution in [2.24, 2.45) is 0 Å². The molecule has 1 heterocycles. The molecule has 0 aromatic heterocycles. The van der Waals surface area contributed by atoms with Crippen LogP contribution in [0.4, 0.5) is 10.5 Å². The summed E-state index contributed by atoms with van der Waals surface area (Å²) in [7, 11) is 1.60. The standard InChI is InChI=1S/C17H17BrN2O2/c1-22-16-8-3-2-7-15(16)19-17(21)20-10-9-13-12(11-20)5-4-6-14(13)18/h2-8H,9-11H2,1H3,(H,19,21). The van der Waals surface area contributed by atoms with Crippen molar-refractivity contribution in [1.29, 1.82) is 0 Å². The fraction of sp³-hybridized carbons (Fsp3) is 0.235. The number of hydrogen-bond donors (Lipinski definition) is 1. The number of nitrogens with one attached hydrogen (secondary N) is 1. The number of rotatable bonds is 2. The number of urea groups is 1. The number of amides is 2. The monoisotopic (exact) mass is 360 g/mol. The van der Waals surface area contributed by atoms with Crippen LogP contribution in [-0.2, 0) is 13.0 Å². The summed E-state index contributed by atoms with van der Waals surface area (Å²) in [5, 5.41) is 2.93. The third kappa shape index (κ3) is 2.95. The van der Waals surface area contributed by atoms with Gasteiger partial charge in [-0.15, -0.1) is 0 Å². The predicted molar refractivity (Wildman–Crippen MR) is 90.3 cm³/mol. The number of carbonyl (C=O) groups is 1. The lowest BCUT2D eigenvalue weighted by Crippen LogP contribution is -2.39. The molecular weight excluding hydrogens is 344 g/mol. The van der Waals surface area contributed by atoms with E-state index in [1.165, 1.54) is 11.1 Å². The van der Waals surface area contributed by atoms with Crippen molar-refractivity contribution in [2.45, 2.75) is 13.0 Å². The number of nitrogens with zero attached hydrogens (tertiary/aromatic N) is 1. The fourth-order valence-corrected chi connectivity index (χ4v) is 3.28. The van der Waals surface area contributed by atoms with E-state index < -0.39 is 0 Å². The summed E-state index contributed by atoms with van der Waals surface area (Å²) in [5.41, 5.74) is 3.18. The van der Waals surface area contributed by atoms with Gasteiger partial charge in [0.05, 0.1) is 12.8 Å². The summed E-state index contributed by atoms with van der Waals surface area (Å²) in [6, 6.07) is 13.4. The van der Waals surface area contributed by atoms with E-state index in [1.807, 2.05) is 41.3 Å². The Kier molecular flexibility index (Phi) is 4.34. The normalized spacial score (nSPS) is 13.5. The smallest absolute Gasteiger partial charge is 0.322 e. The van der Waals surface area contributed by atoms with Crippen LogP contribution < -0.4 is 10.1 Å². The largest absolute Gasteiger partial charge is 0.495 e. The van der Waals surface area contributed by atoms with Gasteiger partial charge in [-0.05, 0) is 35.7 Å². The van der Waals surface area contributed by atoms with Gasteiger partial charge in [0, 0.05) is 17.6 Å². The molecular formula is C17H17BrN2O2. The second kappa shape index (κ2) is 6.40. The summed E-state index contributed by atoms with van der Waals surface area (Å²) in [4.78, 5) is 14.3. The average molecular weight is 361 g/mol. The van der Waals surface area contributed by atoms with E-state index in [9.17, 15) is 4.79 Å². The summed E-state index contributed by atoms with van der Waals surface area (Å²) in [6.07, 6.45) is 0.857. The van der Waals surface area contributed by atoms with Gasteiger partial charge in [-0.3, -0.25) is 0 Å². The third-order valence-corrected chi connectivity index (χ3v) is 4.59. The van der Waals surface area contributed by atoms with Crippen molar-refractivity contribution < 1.29 is 9.53 Å². The van der Waals surface area contributed by atoms with Crippen LogP contribution >= 0.6 is 15.9 Å². The average Bonchev–Trinajstić information content (AvgIpc) is 2.55. The molecule has 0 radical (unpaired) electrons. The Morgan fingerprint density at radius 1 is 1.23 bits per heavy atom. The molecule has 0 saturated carbocycles. The molecule has 2 aromatic carbocycles. The van der Waals surface area contributed by atoms with Crippen LogP contribution in [0.15, 0.2) is 46.9 Å². The predicted octanol–water partition coefficient (Wildman–Crippen LogP) is 4.05. The molecule has 0 saturated heterocycles. The molecule has 0 bridgehead atoms. The first-order valence-corrected chi connectivity index (χ1v) is 7.93. The van der Waals surface area contributed by atoms with E-state index in [-0.39, 0.29) is 6.03 Å². The molecule has 22 heavy (non-hydrogen) atoms. The molecule has 3 rings (SSSR count). The highest BCUT2D eigenvalue weighted by Crippen LogP contribution is 2.28. The van der Waals surface area contributed by atoms with Crippen LogP contribution in [0.2, 0.25) is 0 Å². The Morgan fingerprint density at radius 2 is 2.05 bits per heavy atom. The Balaban J connectivity index is 1.74. The summed E-state index contributed by atoms with van der Waals surface area (Å²) < 4.78 is 6.39. The third-order valence-electron chi connectivity index (χ3n) is 3.84. The minimum atomic E-state index is -0.102. The van der Waals surface area contributed by atoms with Crippen LogP contribution in [0.3, 0.4) is 0 Å². The van der Waals surface area contributed by atoms with Gasteiger partial charge in [0.15, 0.2) is 0 Å². The van der Waals surface area contributed by atoms with Gasteiger partial charge in [0.25, 0.3) is 0 Å². The lowest BCUT2D eigenvalue weighted by Gasteiger charge is -2.29. The van der Waals surface area contributed by atoms with Gasteiger partial charge in [-0.25, -0.2) is 4.79 Å². The van der Waals surface area contributed by atoms with Crippen molar-refractivity contribution in [3.8, 4) is 5.75 Å². The van der Waals surface area contributed by atoms with Gasteiger partial charge >= 0.3 is 6.03 Å². The van der Waals surface area contributed by atoms with Crippen molar-refractivity contribution in [1.82, 2.24) is 4.90 Å². The summed E-state index contributed by atoms with van der Waals surface area (Å²) >= 11 is 3.58. The molecule has 4 nitrogen and oxygen atoms in total. The highest BCUT2D eigenvalue weighted by Gasteiger charge is 2.22. The lowest BCUT2D eigenvalue weighted by molar-refractivity contribution is 0.206. The summed E-state index contributed by atoms with van der Waals surface area (Å²) in [6.45, 7) is 1.33. The zero-order chi connectivity index (χ0) is 15.5. The second-order valence-corrected chi connectivity index (χ2v) is 6.03. The maximum absolute atomic E-state index is 12.5. The number of anilines is 1. The van der Waals surface area contributed by atoms with Crippen LogP contribution in [0, 0.1) is 0 Å². The molecule has 0 spiro atoms. The first kappa shape index (κ1) is 14.9. The number of halogens is 1. The minimum absolute atomic E-state index is 0.102. The van der Waals surface area contributed by atoms with Gasteiger partial charge in [0.1, 0.15) is 5.75 Å². The van der Waals surface area contributed by atoms with E-state index in [4.69, 9.17) is 4.74 Å². The summed E-state index contributed by atoms with van der Waals surface area (Å²) in [5.74, 6) is 0.663. The number of methoxy groups -OCH3 is 1. The van der Waals surface area contributed by atoms with Crippen molar-refractivity contribution in [3.63, 3.8) is 0 Å². The number of carbonyl (C=O) groups excluding carboxylic acids is 1. The molecule has 5 heteroatoms. The van der Waals surface area contributed by atoms with Crippen molar-refractivity contribution in [2.75, 3.05) is 19.0 Å². The lowest BCUT2D eigenvalue weighted by atomic mass is 10.0. The van der Waals surface area contributed by atoms with Crippen molar-refractivity contribution in [3.05, 3.63) is 58.1 Å². The zero-order valence-electron chi connectivity index (χ0n) is 12.3. The maximum atomic E-state index is 12.5. The maximum Gasteiger partial charge on any atom is 0.322 e. The highest BCUT2D eigenvalue weighted by molar-refractivity contribution is 9.10. The van der Waals surface area contributed by atoms with Gasteiger partial charge in [-0.2, -0.15) is 0 Å². The van der Waals surface area contributed by atoms with Gasteiger partial charge in [-0.1, -0.05) is 40.2 Å². The Morgan fingerprint density at radius 3 is 2.86 bits per heavy atom. The van der Waals surface area contributed by atoms with E-state index >= 15 is 0 Å². The number of benzene rings is 2. The number of hydrogen-bond acceptors (Lipinski definition) is 2. The quantitative estimate of drug-likeness (QED) is 0.877.